The van der Waals surface area contributed by atoms with Gasteiger partial charge in [0.15, 0.2) is 0 Å². The van der Waals surface area contributed by atoms with Gasteiger partial charge in [0.25, 0.3) is 11.8 Å². The Kier molecular flexibility index (Phi) is 5.62. The molecular formula is C19H14F4N4O2. The average Bonchev–Trinajstić information content (AvgIpc) is 3.16. The second kappa shape index (κ2) is 8.13. The molecule has 1 heterocycles. The molecule has 0 aliphatic heterocycles. The third kappa shape index (κ3) is 5.18. The number of benzene rings is 2. The molecule has 0 spiro atoms. The third-order valence-corrected chi connectivity index (χ3v) is 3.81. The van der Waals surface area contributed by atoms with Crippen LogP contribution in [0.4, 0.5) is 23.2 Å². The van der Waals surface area contributed by atoms with E-state index in [9.17, 15) is 27.2 Å². The lowest BCUT2D eigenvalue weighted by Gasteiger charge is -2.11. The fourth-order valence-corrected chi connectivity index (χ4v) is 2.49. The molecule has 0 unspecified atom stereocenters. The lowest BCUT2D eigenvalue weighted by molar-refractivity contribution is -0.123. The number of carbonyl (C=O) groups excluding carboxylic acids is 2. The fourth-order valence-electron chi connectivity index (χ4n) is 2.49. The molecule has 0 bridgehead atoms. The highest BCUT2D eigenvalue weighted by Gasteiger charge is 2.28. The summed E-state index contributed by atoms with van der Waals surface area (Å²) < 4.78 is 51.3. The number of nitrogens with zero attached hydrogens (tertiary/aromatic N) is 2. The van der Waals surface area contributed by atoms with Crippen molar-refractivity contribution in [2.45, 2.75) is 6.18 Å². The first-order chi connectivity index (χ1) is 13.7. The molecule has 3 aromatic rings. The highest BCUT2D eigenvalue weighted by molar-refractivity contribution is 6.04. The maximum Gasteiger partial charge on any atom is 0.405 e. The van der Waals surface area contributed by atoms with Crippen LogP contribution in [-0.4, -0.2) is 34.1 Å². The molecule has 1 aromatic heterocycles. The maximum atomic E-state index is 13.1. The Hall–Kier alpha value is -3.69. The van der Waals surface area contributed by atoms with E-state index in [1.54, 1.807) is 5.32 Å². The monoisotopic (exact) mass is 406 g/mol. The van der Waals surface area contributed by atoms with Gasteiger partial charge in [-0.2, -0.15) is 13.2 Å². The normalized spacial score (nSPS) is 11.2. The first kappa shape index (κ1) is 20.1. The van der Waals surface area contributed by atoms with Crippen LogP contribution in [0.1, 0.15) is 20.8 Å². The molecule has 0 aliphatic rings. The number of alkyl halides is 3. The van der Waals surface area contributed by atoms with Crippen molar-refractivity contribution < 1.29 is 27.2 Å². The topological polar surface area (TPSA) is 76.0 Å². The number of aromatic nitrogens is 2. The molecule has 0 radical (unpaired) electrons. The Morgan fingerprint density at radius 1 is 1.03 bits per heavy atom. The number of carbonyl (C=O) groups is 2. The van der Waals surface area contributed by atoms with Gasteiger partial charge < -0.3 is 10.6 Å². The number of nitrogens with one attached hydrogen (secondary N) is 2. The SMILES string of the molecule is O=C(NCC(F)(F)F)c1cccc(NC(=O)c2cncn2-c2ccc(F)cc2)c1. The van der Waals surface area contributed by atoms with Gasteiger partial charge in [0.05, 0.1) is 12.5 Å². The molecule has 0 saturated heterocycles. The number of amides is 2. The number of hydrogen-bond donors (Lipinski definition) is 2. The predicted molar refractivity (Wildman–Crippen MR) is 96.3 cm³/mol. The van der Waals surface area contributed by atoms with Crippen molar-refractivity contribution in [3.63, 3.8) is 0 Å². The largest absolute Gasteiger partial charge is 0.405 e. The van der Waals surface area contributed by atoms with E-state index in [1.807, 2.05) is 0 Å². The summed E-state index contributed by atoms with van der Waals surface area (Å²) in [7, 11) is 0. The molecule has 2 amide bonds. The van der Waals surface area contributed by atoms with E-state index < -0.39 is 30.4 Å². The molecule has 0 fully saturated rings. The van der Waals surface area contributed by atoms with Crippen LogP contribution in [0.5, 0.6) is 0 Å². The summed E-state index contributed by atoms with van der Waals surface area (Å²) in [5.74, 6) is -1.92. The average molecular weight is 406 g/mol. The molecule has 10 heteroatoms. The van der Waals surface area contributed by atoms with Crippen molar-refractivity contribution in [1.29, 1.82) is 0 Å². The number of anilines is 1. The standard InChI is InChI=1S/C19H14F4N4O2/c20-13-4-6-15(7-5-13)27-11-24-9-16(27)18(29)26-14-3-1-2-12(8-14)17(28)25-10-19(21,22)23/h1-9,11H,10H2,(H,25,28)(H,26,29). The van der Waals surface area contributed by atoms with Crippen LogP contribution in [-0.2, 0) is 0 Å². The van der Waals surface area contributed by atoms with E-state index >= 15 is 0 Å². The molecule has 0 aliphatic carbocycles. The van der Waals surface area contributed by atoms with E-state index in [4.69, 9.17) is 0 Å². The molecule has 2 N–H and O–H groups in total. The van der Waals surface area contributed by atoms with Gasteiger partial charge in [-0.25, -0.2) is 9.37 Å². The van der Waals surface area contributed by atoms with Gasteiger partial charge in [-0.05, 0) is 42.5 Å². The van der Waals surface area contributed by atoms with Crippen LogP contribution in [0.3, 0.4) is 0 Å². The van der Waals surface area contributed by atoms with Crippen LogP contribution < -0.4 is 10.6 Å². The van der Waals surface area contributed by atoms with Crippen LogP contribution in [0, 0.1) is 5.82 Å². The quantitative estimate of drug-likeness (QED) is 0.637. The molecule has 29 heavy (non-hydrogen) atoms. The van der Waals surface area contributed by atoms with Crippen LogP contribution >= 0.6 is 0 Å². The Balaban J connectivity index is 1.75. The summed E-state index contributed by atoms with van der Waals surface area (Å²) in [6, 6.07) is 10.9. The Morgan fingerprint density at radius 2 is 1.76 bits per heavy atom. The van der Waals surface area contributed by atoms with Crippen molar-refractivity contribution in [2.75, 3.05) is 11.9 Å². The summed E-state index contributed by atoms with van der Waals surface area (Å²) in [4.78, 5) is 28.3. The molecule has 0 atom stereocenters. The Morgan fingerprint density at radius 3 is 2.45 bits per heavy atom. The van der Waals surface area contributed by atoms with Gasteiger partial charge in [-0.15, -0.1) is 0 Å². The highest BCUT2D eigenvalue weighted by Crippen LogP contribution is 2.17. The van der Waals surface area contributed by atoms with E-state index in [0.29, 0.717) is 5.69 Å². The zero-order valence-corrected chi connectivity index (χ0v) is 14.7. The lowest BCUT2D eigenvalue weighted by atomic mass is 10.2. The second-order valence-electron chi connectivity index (χ2n) is 5.96. The van der Waals surface area contributed by atoms with Crippen molar-refractivity contribution in [3.05, 3.63) is 78.1 Å². The molecule has 150 valence electrons. The van der Waals surface area contributed by atoms with Gasteiger partial charge in [0.1, 0.15) is 18.1 Å². The third-order valence-electron chi connectivity index (χ3n) is 3.81. The zero-order valence-electron chi connectivity index (χ0n) is 14.7. The van der Waals surface area contributed by atoms with Gasteiger partial charge in [-0.1, -0.05) is 6.07 Å². The Labute approximate surface area is 162 Å². The van der Waals surface area contributed by atoms with Crippen molar-refractivity contribution >= 4 is 17.5 Å². The second-order valence-corrected chi connectivity index (χ2v) is 5.96. The summed E-state index contributed by atoms with van der Waals surface area (Å²) in [6.07, 6.45) is -1.85. The number of imidazole rings is 1. The van der Waals surface area contributed by atoms with Crippen molar-refractivity contribution in [1.82, 2.24) is 14.9 Å². The number of halogens is 4. The zero-order chi connectivity index (χ0) is 21.0. The van der Waals surface area contributed by atoms with Gasteiger partial charge in [0, 0.05) is 16.9 Å². The lowest BCUT2D eigenvalue weighted by Crippen LogP contribution is -2.33. The summed E-state index contributed by atoms with van der Waals surface area (Å²) >= 11 is 0. The molecule has 2 aromatic carbocycles. The van der Waals surface area contributed by atoms with Crippen LogP contribution in [0.2, 0.25) is 0 Å². The molecular weight excluding hydrogens is 392 g/mol. The minimum absolute atomic E-state index is 0.0425. The maximum absolute atomic E-state index is 13.1. The number of rotatable bonds is 5. The van der Waals surface area contributed by atoms with Gasteiger partial charge in [0.2, 0.25) is 0 Å². The molecule has 3 rings (SSSR count). The Bertz CT molecular complexity index is 1030. The minimum atomic E-state index is -4.53. The van der Waals surface area contributed by atoms with E-state index in [0.717, 1.165) is 0 Å². The number of hydrogen-bond acceptors (Lipinski definition) is 3. The molecule has 6 nitrogen and oxygen atoms in total. The summed E-state index contributed by atoms with van der Waals surface area (Å²) in [6.45, 7) is -1.46. The van der Waals surface area contributed by atoms with E-state index in [-0.39, 0.29) is 16.9 Å². The van der Waals surface area contributed by atoms with Crippen molar-refractivity contribution in [3.8, 4) is 5.69 Å². The first-order valence-electron chi connectivity index (χ1n) is 8.27. The summed E-state index contributed by atoms with van der Waals surface area (Å²) in [5.41, 5.74) is 0.818. The van der Waals surface area contributed by atoms with Crippen molar-refractivity contribution in [2.24, 2.45) is 0 Å². The summed E-state index contributed by atoms with van der Waals surface area (Å²) in [5, 5.41) is 4.32. The van der Waals surface area contributed by atoms with Crippen LogP contribution in [0.25, 0.3) is 5.69 Å². The molecule has 0 saturated carbocycles. The highest BCUT2D eigenvalue weighted by atomic mass is 19.4. The fraction of sp³-hybridized carbons (Fsp3) is 0.105. The smallest absolute Gasteiger partial charge is 0.343 e. The predicted octanol–water partition coefficient (Wildman–Crippen LogP) is 3.56. The van der Waals surface area contributed by atoms with Gasteiger partial charge in [-0.3, -0.25) is 14.2 Å². The van der Waals surface area contributed by atoms with E-state index in [2.05, 4.69) is 10.3 Å². The van der Waals surface area contributed by atoms with Crippen LogP contribution in [0.15, 0.2) is 61.1 Å². The minimum Gasteiger partial charge on any atom is -0.343 e. The first-order valence-corrected chi connectivity index (χ1v) is 8.27. The van der Waals surface area contributed by atoms with E-state index in [1.165, 1.54) is 65.6 Å². The van der Waals surface area contributed by atoms with Gasteiger partial charge >= 0.3 is 6.18 Å².